The quantitative estimate of drug-likeness (QED) is 0.810. The maximum absolute atomic E-state index is 13.4. The largest absolute Gasteiger partial charge is 0.465 e. The minimum atomic E-state index is -1.17. The summed E-state index contributed by atoms with van der Waals surface area (Å²) in [6.07, 6.45) is 1.52. The van der Waals surface area contributed by atoms with E-state index in [0.717, 1.165) is 0 Å². The van der Waals surface area contributed by atoms with E-state index in [0.29, 0.717) is 22.6 Å². The third-order valence-electron chi connectivity index (χ3n) is 4.65. The Morgan fingerprint density at radius 3 is 2.92 bits per heavy atom. The first-order valence-electron chi connectivity index (χ1n) is 7.98. The van der Waals surface area contributed by atoms with Gasteiger partial charge in [-0.3, -0.25) is 24.4 Å². The molecule has 1 unspecified atom stereocenters. The molecule has 0 bridgehead atoms. The minimum Gasteiger partial charge on any atom is -0.465 e. The van der Waals surface area contributed by atoms with Gasteiger partial charge in [0.25, 0.3) is 0 Å². The summed E-state index contributed by atoms with van der Waals surface area (Å²) in [7, 11) is 0. The van der Waals surface area contributed by atoms with Crippen molar-refractivity contribution in [3.8, 4) is 0 Å². The molecule has 2 aliphatic rings. The molecule has 0 fully saturated rings. The number of esters is 1. The van der Waals surface area contributed by atoms with Crippen molar-refractivity contribution in [2.75, 3.05) is 23.4 Å². The van der Waals surface area contributed by atoms with Crippen LogP contribution in [0.15, 0.2) is 30.5 Å². The van der Waals surface area contributed by atoms with Crippen LogP contribution in [0.25, 0.3) is 0 Å². The Kier molecular flexibility index (Phi) is 3.34. The number of hydrogen-bond donors (Lipinski definition) is 2. The van der Waals surface area contributed by atoms with Crippen molar-refractivity contribution < 1.29 is 19.1 Å². The molecular formula is C17H16N4O4. The van der Waals surface area contributed by atoms with Gasteiger partial charge >= 0.3 is 5.97 Å². The number of carbonyl (C=O) groups is 3. The summed E-state index contributed by atoms with van der Waals surface area (Å²) < 4.78 is 4.99. The summed E-state index contributed by atoms with van der Waals surface area (Å²) in [6.45, 7) is 1.75. The monoisotopic (exact) mass is 340 g/mol. The van der Waals surface area contributed by atoms with Crippen molar-refractivity contribution in [1.29, 1.82) is 0 Å². The number of aromatic nitrogens is 2. The highest BCUT2D eigenvalue weighted by molar-refractivity contribution is 6.16. The van der Waals surface area contributed by atoms with E-state index in [4.69, 9.17) is 4.74 Å². The Balaban J connectivity index is 1.87. The summed E-state index contributed by atoms with van der Waals surface area (Å²) in [6, 6.07) is 7.19. The lowest BCUT2D eigenvalue weighted by atomic mass is 9.72. The van der Waals surface area contributed by atoms with Gasteiger partial charge in [-0.15, -0.1) is 0 Å². The molecule has 1 spiro atoms. The number of H-pyrrole nitrogens is 1. The molecule has 3 heterocycles. The molecule has 1 aromatic carbocycles. The van der Waals surface area contributed by atoms with E-state index in [1.54, 1.807) is 25.3 Å². The van der Waals surface area contributed by atoms with Gasteiger partial charge in [-0.1, -0.05) is 18.2 Å². The standard InChI is InChI=1S/C17H16N4O4/c1-2-25-14(23)9-21-12-6-4-3-5-10(12)17(16(21)24)7-13(22)19-15-11(17)8-18-20-15/h3-6,8H,2,7,9H2,1H3,(H2,18,19,20,22). The molecule has 2 aliphatic heterocycles. The summed E-state index contributed by atoms with van der Waals surface area (Å²) in [5.74, 6) is -0.676. The second kappa shape index (κ2) is 5.44. The number of rotatable bonds is 3. The van der Waals surface area contributed by atoms with Crippen molar-refractivity contribution >= 4 is 29.3 Å². The smallest absolute Gasteiger partial charge is 0.326 e. The minimum absolute atomic E-state index is 0.0330. The zero-order valence-electron chi connectivity index (χ0n) is 13.5. The summed E-state index contributed by atoms with van der Waals surface area (Å²) in [5.41, 5.74) is 0.744. The van der Waals surface area contributed by atoms with Crippen molar-refractivity contribution in [1.82, 2.24) is 10.2 Å². The number of para-hydroxylation sites is 1. The number of amides is 2. The predicted octanol–water partition coefficient (Wildman–Crippen LogP) is 0.948. The number of anilines is 2. The topological polar surface area (TPSA) is 104 Å². The third kappa shape index (κ3) is 2.07. The third-order valence-corrected chi connectivity index (χ3v) is 4.65. The molecule has 0 aliphatic carbocycles. The van der Waals surface area contributed by atoms with Crippen LogP contribution in [0, 0.1) is 0 Å². The average molecular weight is 340 g/mol. The van der Waals surface area contributed by atoms with Gasteiger partial charge in [0.1, 0.15) is 17.8 Å². The molecule has 2 amide bonds. The van der Waals surface area contributed by atoms with E-state index in [1.807, 2.05) is 12.1 Å². The van der Waals surface area contributed by atoms with Crippen LogP contribution >= 0.6 is 0 Å². The van der Waals surface area contributed by atoms with Gasteiger partial charge in [0, 0.05) is 17.7 Å². The van der Waals surface area contributed by atoms with Crippen molar-refractivity contribution in [2.24, 2.45) is 0 Å². The fourth-order valence-electron chi connectivity index (χ4n) is 3.67. The molecular weight excluding hydrogens is 324 g/mol. The number of ether oxygens (including phenoxy) is 1. The number of nitrogens with one attached hydrogen (secondary N) is 2. The molecule has 2 aromatic rings. The fourth-order valence-corrected chi connectivity index (χ4v) is 3.67. The number of fused-ring (bicyclic) bond motifs is 4. The van der Waals surface area contributed by atoms with E-state index in [9.17, 15) is 14.4 Å². The Morgan fingerprint density at radius 1 is 1.32 bits per heavy atom. The van der Waals surface area contributed by atoms with E-state index >= 15 is 0 Å². The van der Waals surface area contributed by atoms with Crippen LogP contribution in [0.1, 0.15) is 24.5 Å². The van der Waals surface area contributed by atoms with E-state index in [-0.39, 0.29) is 31.4 Å². The second-order valence-corrected chi connectivity index (χ2v) is 6.00. The highest BCUT2D eigenvalue weighted by atomic mass is 16.5. The normalized spacial score (nSPS) is 21.1. The Morgan fingerprint density at radius 2 is 2.12 bits per heavy atom. The van der Waals surface area contributed by atoms with E-state index in [2.05, 4.69) is 15.5 Å². The Labute approximate surface area is 143 Å². The van der Waals surface area contributed by atoms with Crippen LogP contribution in [0.3, 0.4) is 0 Å². The second-order valence-electron chi connectivity index (χ2n) is 6.00. The number of benzene rings is 1. The van der Waals surface area contributed by atoms with Gasteiger partial charge in [-0.2, -0.15) is 5.10 Å². The van der Waals surface area contributed by atoms with Gasteiger partial charge in [-0.05, 0) is 18.6 Å². The van der Waals surface area contributed by atoms with E-state index < -0.39 is 11.4 Å². The van der Waals surface area contributed by atoms with Crippen LogP contribution in [0.2, 0.25) is 0 Å². The molecule has 4 rings (SSSR count). The van der Waals surface area contributed by atoms with Gasteiger partial charge in [0.15, 0.2) is 0 Å². The number of hydrogen-bond acceptors (Lipinski definition) is 5. The maximum atomic E-state index is 13.4. The summed E-state index contributed by atoms with van der Waals surface area (Å²) >= 11 is 0. The lowest BCUT2D eigenvalue weighted by Crippen LogP contribution is -2.47. The highest BCUT2D eigenvalue weighted by Gasteiger charge is 2.56. The first-order valence-corrected chi connectivity index (χ1v) is 7.98. The first kappa shape index (κ1) is 15.4. The van der Waals surface area contributed by atoms with Gasteiger partial charge < -0.3 is 10.1 Å². The molecule has 8 heteroatoms. The summed E-state index contributed by atoms with van der Waals surface area (Å²) in [4.78, 5) is 39.0. The SMILES string of the molecule is CCOC(=O)CN1C(=O)C2(CC(=O)Nc3[nH]ncc32)c2ccccc21. The van der Waals surface area contributed by atoms with Crippen LogP contribution < -0.4 is 10.2 Å². The molecule has 8 nitrogen and oxygen atoms in total. The van der Waals surface area contributed by atoms with Gasteiger partial charge in [-0.25, -0.2) is 0 Å². The maximum Gasteiger partial charge on any atom is 0.326 e. The first-order chi connectivity index (χ1) is 12.1. The molecule has 128 valence electrons. The number of aromatic amines is 1. The Bertz CT molecular complexity index is 890. The lowest BCUT2D eigenvalue weighted by Gasteiger charge is -2.31. The zero-order valence-corrected chi connectivity index (χ0v) is 13.5. The lowest BCUT2D eigenvalue weighted by molar-refractivity contribution is -0.142. The molecule has 1 aromatic heterocycles. The predicted molar refractivity (Wildman–Crippen MR) is 88.0 cm³/mol. The highest BCUT2D eigenvalue weighted by Crippen LogP contribution is 2.51. The van der Waals surface area contributed by atoms with E-state index in [1.165, 1.54) is 4.90 Å². The number of carbonyl (C=O) groups excluding carboxylic acids is 3. The summed E-state index contributed by atoms with van der Waals surface area (Å²) in [5, 5.41) is 9.40. The van der Waals surface area contributed by atoms with Crippen molar-refractivity contribution in [2.45, 2.75) is 18.8 Å². The molecule has 0 saturated carbocycles. The fraction of sp³-hybridized carbons (Fsp3) is 0.294. The van der Waals surface area contributed by atoms with Gasteiger partial charge in [0.2, 0.25) is 11.8 Å². The van der Waals surface area contributed by atoms with Crippen molar-refractivity contribution in [3.05, 3.63) is 41.6 Å². The molecule has 0 saturated heterocycles. The average Bonchev–Trinajstić information content (AvgIpc) is 3.14. The van der Waals surface area contributed by atoms with Crippen molar-refractivity contribution in [3.63, 3.8) is 0 Å². The number of nitrogens with zero attached hydrogens (tertiary/aromatic N) is 2. The van der Waals surface area contributed by atoms with Gasteiger partial charge in [0.05, 0.1) is 12.8 Å². The molecule has 25 heavy (non-hydrogen) atoms. The van der Waals surface area contributed by atoms with Crippen LogP contribution in [0.5, 0.6) is 0 Å². The molecule has 2 N–H and O–H groups in total. The molecule has 1 atom stereocenters. The molecule has 0 radical (unpaired) electrons. The Hall–Kier alpha value is -3.16. The van der Waals surface area contributed by atoms with Crippen LogP contribution in [-0.2, 0) is 24.5 Å². The van der Waals surface area contributed by atoms with Crippen LogP contribution in [0.4, 0.5) is 11.5 Å². The van der Waals surface area contributed by atoms with Crippen LogP contribution in [-0.4, -0.2) is 41.1 Å². The zero-order chi connectivity index (χ0) is 17.6.